The van der Waals surface area contributed by atoms with Crippen LogP contribution in [-0.4, -0.2) is 49.2 Å². The second kappa shape index (κ2) is 5.98. The van der Waals surface area contributed by atoms with Crippen molar-refractivity contribution in [3.05, 3.63) is 0 Å². The van der Waals surface area contributed by atoms with E-state index in [9.17, 15) is 4.79 Å². The van der Waals surface area contributed by atoms with Crippen LogP contribution in [0.3, 0.4) is 0 Å². The molecule has 4 nitrogen and oxygen atoms in total. The molecule has 0 aromatic carbocycles. The summed E-state index contributed by atoms with van der Waals surface area (Å²) >= 11 is 0. The van der Waals surface area contributed by atoms with Crippen LogP contribution in [-0.2, 0) is 4.79 Å². The van der Waals surface area contributed by atoms with E-state index in [1.165, 1.54) is 0 Å². The zero-order valence-electron chi connectivity index (χ0n) is 9.74. The molecule has 0 saturated heterocycles. The molecule has 0 heterocycles. The van der Waals surface area contributed by atoms with E-state index in [-0.39, 0.29) is 6.04 Å². The Morgan fingerprint density at radius 1 is 1.43 bits per heavy atom. The molecule has 2 atom stereocenters. The maximum Gasteiger partial charge on any atom is 0.322 e. The zero-order chi connectivity index (χ0) is 11.3. The van der Waals surface area contributed by atoms with E-state index in [2.05, 4.69) is 19.2 Å². The average molecular weight is 202 g/mol. The Morgan fingerprint density at radius 3 is 2.14 bits per heavy atom. The Bertz CT molecular complexity index is 181. The van der Waals surface area contributed by atoms with Crippen molar-refractivity contribution in [2.75, 3.05) is 21.1 Å². The second-order valence-corrected chi connectivity index (χ2v) is 4.27. The Morgan fingerprint density at radius 2 is 1.93 bits per heavy atom. The number of carbonyl (C=O) groups is 1. The lowest BCUT2D eigenvalue weighted by Crippen LogP contribution is -2.51. The molecule has 0 amide bonds. The lowest BCUT2D eigenvalue weighted by molar-refractivity contribution is -0.141. The van der Waals surface area contributed by atoms with Gasteiger partial charge in [-0.2, -0.15) is 0 Å². The van der Waals surface area contributed by atoms with Crippen molar-refractivity contribution >= 4 is 5.97 Å². The number of nitrogens with zero attached hydrogens (tertiary/aromatic N) is 1. The minimum absolute atomic E-state index is 0.0394. The van der Waals surface area contributed by atoms with E-state index >= 15 is 0 Å². The fourth-order valence-corrected chi connectivity index (χ4v) is 1.61. The van der Waals surface area contributed by atoms with E-state index in [1.54, 1.807) is 7.05 Å². The van der Waals surface area contributed by atoms with Crippen molar-refractivity contribution in [1.29, 1.82) is 0 Å². The molecule has 2 unspecified atom stereocenters. The summed E-state index contributed by atoms with van der Waals surface area (Å²) in [5.74, 6) is -0.288. The minimum Gasteiger partial charge on any atom is -0.480 e. The summed E-state index contributed by atoms with van der Waals surface area (Å²) in [7, 11) is 5.52. The number of carboxylic acids is 1. The topological polar surface area (TPSA) is 52.6 Å². The van der Waals surface area contributed by atoms with Gasteiger partial charge in [0.15, 0.2) is 0 Å². The molecule has 0 aromatic heterocycles. The van der Waals surface area contributed by atoms with Gasteiger partial charge in [-0.1, -0.05) is 13.8 Å². The third-order valence-electron chi connectivity index (χ3n) is 2.34. The van der Waals surface area contributed by atoms with Gasteiger partial charge >= 0.3 is 5.97 Å². The highest BCUT2D eigenvalue weighted by molar-refractivity contribution is 5.74. The van der Waals surface area contributed by atoms with Crippen LogP contribution in [0, 0.1) is 5.92 Å². The fraction of sp³-hybridized carbons (Fsp3) is 0.900. The molecule has 0 aliphatic carbocycles. The molecule has 0 bridgehead atoms. The zero-order valence-corrected chi connectivity index (χ0v) is 9.74. The molecular weight excluding hydrogens is 180 g/mol. The average Bonchev–Trinajstić information content (AvgIpc) is 2.02. The van der Waals surface area contributed by atoms with Crippen LogP contribution in [0.15, 0.2) is 0 Å². The normalized spacial score (nSPS) is 15.9. The third-order valence-corrected chi connectivity index (χ3v) is 2.34. The molecule has 4 heteroatoms. The van der Waals surface area contributed by atoms with E-state index in [0.717, 1.165) is 6.42 Å². The van der Waals surface area contributed by atoms with E-state index in [4.69, 9.17) is 5.11 Å². The molecular formula is C10H22N2O2. The number of aliphatic carboxylic acids is 1. The van der Waals surface area contributed by atoms with Crippen LogP contribution in [0.5, 0.6) is 0 Å². The first-order chi connectivity index (χ1) is 6.40. The Labute approximate surface area is 86.3 Å². The predicted octanol–water partition coefficient (Wildman–Crippen LogP) is 0.635. The van der Waals surface area contributed by atoms with Crippen molar-refractivity contribution in [3.8, 4) is 0 Å². The van der Waals surface area contributed by atoms with E-state index < -0.39 is 12.0 Å². The molecule has 84 valence electrons. The number of hydrogen-bond acceptors (Lipinski definition) is 3. The van der Waals surface area contributed by atoms with E-state index in [0.29, 0.717) is 5.92 Å². The quantitative estimate of drug-likeness (QED) is 0.663. The molecule has 2 N–H and O–H groups in total. The Kier molecular flexibility index (Phi) is 5.72. The van der Waals surface area contributed by atoms with Crippen molar-refractivity contribution < 1.29 is 9.90 Å². The summed E-state index contributed by atoms with van der Waals surface area (Å²) in [6, 6.07) is -0.454. The van der Waals surface area contributed by atoms with Gasteiger partial charge < -0.3 is 15.3 Å². The molecule has 0 spiro atoms. The first-order valence-electron chi connectivity index (χ1n) is 4.96. The first-order valence-corrected chi connectivity index (χ1v) is 4.96. The lowest BCUT2D eigenvalue weighted by Gasteiger charge is -2.30. The fourth-order valence-electron chi connectivity index (χ4n) is 1.61. The summed E-state index contributed by atoms with van der Waals surface area (Å²) in [5.41, 5.74) is 0. The van der Waals surface area contributed by atoms with Gasteiger partial charge in [0.2, 0.25) is 0 Å². The maximum absolute atomic E-state index is 11.0. The molecule has 0 radical (unpaired) electrons. The summed E-state index contributed by atoms with van der Waals surface area (Å²) in [4.78, 5) is 12.9. The predicted molar refractivity (Wildman–Crippen MR) is 57.4 cm³/mol. The monoisotopic (exact) mass is 202 g/mol. The molecule has 0 aliphatic heterocycles. The molecule has 0 aliphatic rings. The SMILES string of the molecule is CNC(C(=O)O)C(CC(C)C)N(C)C. The van der Waals surface area contributed by atoms with Gasteiger partial charge in [0.1, 0.15) is 6.04 Å². The van der Waals surface area contributed by atoms with Crippen molar-refractivity contribution in [2.24, 2.45) is 5.92 Å². The smallest absolute Gasteiger partial charge is 0.322 e. The lowest BCUT2D eigenvalue weighted by atomic mass is 9.96. The maximum atomic E-state index is 11.0. The van der Waals surface area contributed by atoms with Crippen LogP contribution in [0.2, 0.25) is 0 Å². The van der Waals surface area contributed by atoms with Gasteiger partial charge in [-0.15, -0.1) is 0 Å². The van der Waals surface area contributed by atoms with Crippen molar-refractivity contribution in [2.45, 2.75) is 32.4 Å². The van der Waals surface area contributed by atoms with Gasteiger partial charge in [-0.25, -0.2) is 0 Å². The molecule has 0 fully saturated rings. The number of rotatable bonds is 6. The Hall–Kier alpha value is -0.610. The largest absolute Gasteiger partial charge is 0.480 e. The van der Waals surface area contributed by atoms with Crippen LogP contribution in [0.4, 0.5) is 0 Å². The molecule has 14 heavy (non-hydrogen) atoms. The highest BCUT2D eigenvalue weighted by Gasteiger charge is 2.28. The number of likely N-dealkylation sites (N-methyl/N-ethyl adjacent to an activating group) is 2. The number of hydrogen-bond donors (Lipinski definition) is 2. The second-order valence-electron chi connectivity index (χ2n) is 4.27. The molecule has 0 saturated carbocycles. The van der Waals surface area contributed by atoms with Gasteiger partial charge in [0.05, 0.1) is 0 Å². The molecule has 0 aromatic rings. The number of carboxylic acid groups (broad SMARTS) is 1. The van der Waals surface area contributed by atoms with Gasteiger partial charge in [-0.3, -0.25) is 4.79 Å². The van der Waals surface area contributed by atoms with Gasteiger partial charge in [-0.05, 0) is 33.5 Å². The highest BCUT2D eigenvalue weighted by atomic mass is 16.4. The standard InChI is InChI=1S/C10H22N2O2/c1-7(2)6-8(12(4)5)9(11-3)10(13)14/h7-9,11H,6H2,1-5H3,(H,13,14). The van der Waals surface area contributed by atoms with Gasteiger partial charge in [0, 0.05) is 6.04 Å². The van der Waals surface area contributed by atoms with Crippen LogP contribution < -0.4 is 5.32 Å². The van der Waals surface area contributed by atoms with Crippen molar-refractivity contribution in [1.82, 2.24) is 10.2 Å². The summed E-state index contributed by atoms with van der Waals surface area (Å²) < 4.78 is 0. The highest BCUT2D eigenvalue weighted by Crippen LogP contribution is 2.12. The van der Waals surface area contributed by atoms with Crippen molar-refractivity contribution in [3.63, 3.8) is 0 Å². The van der Waals surface area contributed by atoms with Crippen LogP contribution in [0.25, 0.3) is 0 Å². The minimum atomic E-state index is -0.785. The van der Waals surface area contributed by atoms with Crippen LogP contribution >= 0.6 is 0 Å². The van der Waals surface area contributed by atoms with E-state index in [1.807, 2.05) is 19.0 Å². The first kappa shape index (κ1) is 13.4. The van der Waals surface area contributed by atoms with Gasteiger partial charge in [0.25, 0.3) is 0 Å². The summed E-state index contributed by atoms with van der Waals surface area (Å²) in [6.45, 7) is 4.20. The third kappa shape index (κ3) is 4.07. The summed E-state index contributed by atoms with van der Waals surface area (Å²) in [6.07, 6.45) is 0.880. The summed E-state index contributed by atoms with van der Waals surface area (Å²) in [5, 5.41) is 11.9. The van der Waals surface area contributed by atoms with Crippen LogP contribution in [0.1, 0.15) is 20.3 Å². The number of nitrogens with one attached hydrogen (secondary N) is 1. The Balaban J connectivity index is 4.52. The molecule has 0 rings (SSSR count).